The molecule has 0 fully saturated rings. The van der Waals surface area contributed by atoms with Crippen LogP contribution in [0.4, 0.5) is 17.1 Å². The molecule has 2 aromatic carbocycles. The van der Waals surface area contributed by atoms with Crippen LogP contribution in [-0.2, 0) is 0 Å². The fourth-order valence-corrected chi connectivity index (χ4v) is 2.13. The van der Waals surface area contributed by atoms with Crippen LogP contribution in [0, 0.1) is 6.92 Å². The summed E-state index contributed by atoms with van der Waals surface area (Å²) >= 11 is 18.1. The molecule has 0 saturated heterocycles. The van der Waals surface area contributed by atoms with Crippen molar-refractivity contribution in [2.24, 2.45) is 0 Å². The zero-order valence-corrected chi connectivity index (χ0v) is 11.9. The van der Waals surface area contributed by atoms with Crippen LogP contribution >= 0.6 is 34.8 Å². The number of halogens is 3. The summed E-state index contributed by atoms with van der Waals surface area (Å²) in [6, 6.07) is 8.76. The molecule has 5 heteroatoms. The quantitative estimate of drug-likeness (QED) is 0.740. The molecule has 0 atom stereocenters. The van der Waals surface area contributed by atoms with E-state index in [0.29, 0.717) is 32.1 Å². The van der Waals surface area contributed by atoms with E-state index in [2.05, 4.69) is 5.32 Å². The van der Waals surface area contributed by atoms with Crippen LogP contribution in [-0.4, -0.2) is 0 Å². The Bertz CT molecular complexity index is 597. The maximum Gasteiger partial charge on any atom is 0.0644 e. The molecule has 0 saturated carbocycles. The van der Waals surface area contributed by atoms with Crippen molar-refractivity contribution < 1.29 is 0 Å². The van der Waals surface area contributed by atoms with E-state index >= 15 is 0 Å². The average Bonchev–Trinajstić information content (AvgIpc) is 2.30. The maximum atomic E-state index is 6.15. The van der Waals surface area contributed by atoms with E-state index in [-0.39, 0.29) is 0 Å². The lowest BCUT2D eigenvalue weighted by molar-refractivity contribution is 1.45. The topological polar surface area (TPSA) is 38.0 Å². The smallest absolute Gasteiger partial charge is 0.0644 e. The molecule has 2 aromatic rings. The summed E-state index contributed by atoms with van der Waals surface area (Å²) in [6.07, 6.45) is 0. The molecule has 0 radical (unpaired) electrons. The Kier molecular flexibility index (Phi) is 3.91. The molecule has 0 heterocycles. The van der Waals surface area contributed by atoms with Gasteiger partial charge in [0, 0.05) is 10.0 Å². The Morgan fingerprint density at radius 3 is 2.39 bits per heavy atom. The molecule has 0 spiro atoms. The van der Waals surface area contributed by atoms with Gasteiger partial charge >= 0.3 is 0 Å². The first-order valence-electron chi connectivity index (χ1n) is 5.25. The number of rotatable bonds is 2. The average molecular weight is 302 g/mol. The Balaban J connectivity index is 2.40. The molecule has 0 bridgehead atoms. The van der Waals surface area contributed by atoms with Crippen LogP contribution in [0.5, 0.6) is 0 Å². The maximum absolute atomic E-state index is 6.15. The molecule has 94 valence electrons. The second-order valence-electron chi connectivity index (χ2n) is 3.94. The fourth-order valence-electron chi connectivity index (χ4n) is 1.52. The van der Waals surface area contributed by atoms with Crippen molar-refractivity contribution in [2.75, 3.05) is 11.1 Å². The second-order valence-corrected chi connectivity index (χ2v) is 5.19. The first-order valence-corrected chi connectivity index (χ1v) is 6.38. The third-order valence-electron chi connectivity index (χ3n) is 2.53. The summed E-state index contributed by atoms with van der Waals surface area (Å²) in [5, 5.41) is 4.94. The van der Waals surface area contributed by atoms with Crippen molar-refractivity contribution in [3.63, 3.8) is 0 Å². The molecular formula is C13H11Cl3N2. The Hall–Kier alpha value is -1.09. The van der Waals surface area contributed by atoms with E-state index in [0.717, 1.165) is 5.56 Å². The lowest BCUT2D eigenvalue weighted by atomic mass is 10.2. The van der Waals surface area contributed by atoms with E-state index in [1.807, 2.05) is 6.92 Å². The summed E-state index contributed by atoms with van der Waals surface area (Å²) in [6.45, 7) is 1.89. The predicted octanol–water partition coefficient (Wildman–Crippen LogP) is 5.28. The standard InChI is InChI=1S/C13H11Cl3N2/c1-7-4-10(16)12(6-9(7)15)18-13-5-8(14)2-3-11(13)17/h2-6,18H,17H2,1H3. The zero-order chi connectivity index (χ0) is 13.3. The van der Waals surface area contributed by atoms with Gasteiger partial charge in [-0.2, -0.15) is 0 Å². The Morgan fingerprint density at radius 1 is 0.944 bits per heavy atom. The molecule has 0 aliphatic heterocycles. The van der Waals surface area contributed by atoms with Crippen LogP contribution in [0.2, 0.25) is 15.1 Å². The number of nitrogens with one attached hydrogen (secondary N) is 1. The van der Waals surface area contributed by atoms with Crippen LogP contribution in [0.1, 0.15) is 5.56 Å². The van der Waals surface area contributed by atoms with Crippen molar-refractivity contribution >= 4 is 51.9 Å². The van der Waals surface area contributed by atoms with E-state index in [1.165, 1.54) is 0 Å². The van der Waals surface area contributed by atoms with Gasteiger partial charge in [0.05, 0.1) is 22.1 Å². The molecule has 18 heavy (non-hydrogen) atoms. The van der Waals surface area contributed by atoms with Crippen LogP contribution in [0.15, 0.2) is 30.3 Å². The third-order valence-corrected chi connectivity index (χ3v) is 3.49. The highest BCUT2D eigenvalue weighted by Crippen LogP contribution is 2.33. The van der Waals surface area contributed by atoms with E-state index in [9.17, 15) is 0 Å². The van der Waals surface area contributed by atoms with Gasteiger partial charge < -0.3 is 11.1 Å². The predicted molar refractivity (Wildman–Crippen MR) is 80.3 cm³/mol. The molecule has 0 aliphatic rings. The number of nitrogen functional groups attached to an aromatic ring is 1. The van der Waals surface area contributed by atoms with Gasteiger partial charge in [0.25, 0.3) is 0 Å². The van der Waals surface area contributed by atoms with Crippen molar-refractivity contribution in [3.8, 4) is 0 Å². The summed E-state index contributed by atoms with van der Waals surface area (Å²) < 4.78 is 0. The largest absolute Gasteiger partial charge is 0.397 e. The minimum Gasteiger partial charge on any atom is -0.397 e. The number of anilines is 3. The van der Waals surface area contributed by atoms with Crippen molar-refractivity contribution in [3.05, 3.63) is 51.0 Å². The number of aryl methyl sites for hydroxylation is 1. The van der Waals surface area contributed by atoms with E-state index < -0.39 is 0 Å². The van der Waals surface area contributed by atoms with Gasteiger partial charge in [-0.3, -0.25) is 0 Å². The van der Waals surface area contributed by atoms with Gasteiger partial charge in [0.1, 0.15) is 0 Å². The second kappa shape index (κ2) is 5.27. The molecule has 2 rings (SSSR count). The van der Waals surface area contributed by atoms with Gasteiger partial charge in [-0.15, -0.1) is 0 Å². The number of hydrogen-bond donors (Lipinski definition) is 2. The number of hydrogen-bond acceptors (Lipinski definition) is 2. The first-order chi connectivity index (χ1) is 8.47. The highest BCUT2D eigenvalue weighted by Gasteiger charge is 2.07. The zero-order valence-electron chi connectivity index (χ0n) is 9.60. The number of nitrogens with two attached hydrogens (primary N) is 1. The lowest BCUT2D eigenvalue weighted by Crippen LogP contribution is -1.97. The molecule has 3 N–H and O–H groups in total. The molecule has 0 aliphatic carbocycles. The normalized spacial score (nSPS) is 10.4. The first kappa shape index (κ1) is 13.3. The summed E-state index contributed by atoms with van der Waals surface area (Å²) in [5.74, 6) is 0. The summed E-state index contributed by atoms with van der Waals surface area (Å²) in [5.41, 5.74) is 8.76. The lowest BCUT2D eigenvalue weighted by Gasteiger charge is -2.12. The molecular weight excluding hydrogens is 291 g/mol. The highest BCUT2D eigenvalue weighted by molar-refractivity contribution is 6.36. The minimum absolute atomic E-state index is 0.580. The van der Waals surface area contributed by atoms with Crippen molar-refractivity contribution in [1.29, 1.82) is 0 Å². The van der Waals surface area contributed by atoms with Gasteiger partial charge in [0.15, 0.2) is 0 Å². The monoisotopic (exact) mass is 300 g/mol. The van der Waals surface area contributed by atoms with Crippen molar-refractivity contribution in [2.45, 2.75) is 6.92 Å². The fraction of sp³-hybridized carbons (Fsp3) is 0.0769. The van der Waals surface area contributed by atoms with Gasteiger partial charge in [-0.05, 0) is 42.8 Å². The highest BCUT2D eigenvalue weighted by atomic mass is 35.5. The van der Waals surface area contributed by atoms with Crippen molar-refractivity contribution in [1.82, 2.24) is 0 Å². The van der Waals surface area contributed by atoms with Gasteiger partial charge in [-0.1, -0.05) is 34.8 Å². The van der Waals surface area contributed by atoms with Gasteiger partial charge in [0.2, 0.25) is 0 Å². The summed E-state index contributed by atoms with van der Waals surface area (Å²) in [4.78, 5) is 0. The molecule has 0 unspecified atom stereocenters. The molecule has 0 amide bonds. The summed E-state index contributed by atoms with van der Waals surface area (Å²) in [7, 11) is 0. The van der Waals surface area contributed by atoms with Crippen LogP contribution in [0.3, 0.4) is 0 Å². The molecule has 2 nitrogen and oxygen atoms in total. The van der Waals surface area contributed by atoms with Crippen LogP contribution in [0.25, 0.3) is 0 Å². The van der Waals surface area contributed by atoms with Crippen LogP contribution < -0.4 is 11.1 Å². The van der Waals surface area contributed by atoms with Gasteiger partial charge in [-0.25, -0.2) is 0 Å². The third kappa shape index (κ3) is 2.83. The SMILES string of the molecule is Cc1cc(Cl)c(Nc2cc(Cl)ccc2N)cc1Cl. The van der Waals surface area contributed by atoms with E-state index in [4.69, 9.17) is 40.5 Å². The molecule has 0 aromatic heterocycles. The Morgan fingerprint density at radius 2 is 1.67 bits per heavy atom. The Labute approximate surface area is 121 Å². The van der Waals surface area contributed by atoms with E-state index in [1.54, 1.807) is 30.3 Å². The number of benzene rings is 2. The minimum atomic E-state index is 0.580.